The number of ether oxygens (including phenoxy) is 1. The van der Waals surface area contributed by atoms with Gasteiger partial charge in [0, 0.05) is 37.8 Å². The lowest BCUT2D eigenvalue weighted by atomic mass is 9.85. The molecule has 1 aromatic heterocycles. The molecule has 0 spiro atoms. The molecule has 2 heterocycles. The zero-order valence-electron chi connectivity index (χ0n) is 11.8. The Labute approximate surface area is 119 Å². The molecule has 2 atom stereocenters. The molecule has 4 heteroatoms. The highest BCUT2D eigenvalue weighted by Gasteiger charge is 2.26. The number of fused-ring (bicyclic) bond motifs is 1. The number of nitrogens with two attached hydrogens (primary N) is 1. The molecule has 0 aliphatic carbocycles. The van der Waals surface area contributed by atoms with Crippen LogP contribution in [0.3, 0.4) is 0 Å². The van der Waals surface area contributed by atoms with Gasteiger partial charge in [0.15, 0.2) is 0 Å². The smallest absolute Gasteiger partial charge is 0.122 e. The normalized spacial score (nSPS) is 19.2. The van der Waals surface area contributed by atoms with Crippen LogP contribution in [0.4, 0.5) is 0 Å². The van der Waals surface area contributed by atoms with Crippen LogP contribution in [0.2, 0.25) is 0 Å². The summed E-state index contributed by atoms with van der Waals surface area (Å²) in [6, 6.07) is 8.40. The molecule has 1 aliphatic rings. The van der Waals surface area contributed by atoms with Crippen molar-refractivity contribution in [2.75, 3.05) is 6.61 Å². The maximum Gasteiger partial charge on any atom is 0.122 e. The van der Waals surface area contributed by atoms with E-state index in [4.69, 9.17) is 10.5 Å². The molecule has 3 rings (SSSR count). The summed E-state index contributed by atoms with van der Waals surface area (Å²) >= 11 is 0. The Morgan fingerprint density at radius 3 is 3.10 bits per heavy atom. The van der Waals surface area contributed by atoms with Gasteiger partial charge in [-0.2, -0.15) is 0 Å². The third-order valence-corrected chi connectivity index (χ3v) is 4.14. The average molecular weight is 271 g/mol. The van der Waals surface area contributed by atoms with E-state index in [-0.39, 0.29) is 6.04 Å². The van der Waals surface area contributed by atoms with E-state index < -0.39 is 0 Å². The van der Waals surface area contributed by atoms with Gasteiger partial charge in [0.25, 0.3) is 0 Å². The molecule has 0 saturated heterocycles. The highest BCUT2D eigenvalue weighted by atomic mass is 16.5. The van der Waals surface area contributed by atoms with Crippen molar-refractivity contribution in [1.29, 1.82) is 0 Å². The zero-order chi connectivity index (χ0) is 13.9. The van der Waals surface area contributed by atoms with Crippen molar-refractivity contribution in [3.63, 3.8) is 0 Å². The van der Waals surface area contributed by atoms with E-state index >= 15 is 0 Å². The predicted molar refractivity (Wildman–Crippen MR) is 78.8 cm³/mol. The van der Waals surface area contributed by atoms with Crippen LogP contribution in [0.5, 0.6) is 5.75 Å². The zero-order valence-corrected chi connectivity index (χ0v) is 11.8. The van der Waals surface area contributed by atoms with E-state index in [0.29, 0.717) is 5.92 Å². The molecular formula is C16H21N3O. The minimum Gasteiger partial charge on any atom is -0.493 e. The van der Waals surface area contributed by atoms with Crippen molar-refractivity contribution in [2.24, 2.45) is 12.8 Å². The summed E-state index contributed by atoms with van der Waals surface area (Å²) in [6.07, 6.45) is 6.68. The van der Waals surface area contributed by atoms with Gasteiger partial charge < -0.3 is 15.0 Å². The van der Waals surface area contributed by atoms with Gasteiger partial charge in [0.05, 0.1) is 6.61 Å². The molecule has 4 nitrogen and oxygen atoms in total. The van der Waals surface area contributed by atoms with Gasteiger partial charge in [-0.15, -0.1) is 0 Å². The number of hydrogen-bond acceptors (Lipinski definition) is 3. The van der Waals surface area contributed by atoms with Gasteiger partial charge in [-0.3, -0.25) is 0 Å². The van der Waals surface area contributed by atoms with Gasteiger partial charge in [-0.05, 0) is 24.5 Å². The fraction of sp³-hybridized carbons (Fsp3) is 0.438. The number of imidazole rings is 1. The third-order valence-electron chi connectivity index (χ3n) is 4.14. The molecule has 0 fully saturated rings. The first-order valence-electron chi connectivity index (χ1n) is 7.19. The first kappa shape index (κ1) is 13.2. The SMILES string of the molecule is Cn1ccnc1CCC(N)C1CCOc2ccccc21. The quantitative estimate of drug-likeness (QED) is 0.928. The van der Waals surface area contributed by atoms with Crippen LogP contribution in [-0.2, 0) is 13.5 Å². The van der Waals surface area contributed by atoms with Gasteiger partial charge in [0.2, 0.25) is 0 Å². The average Bonchev–Trinajstić information content (AvgIpc) is 2.89. The Morgan fingerprint density at radius 2 is 2.30 bits per heavy atom. The van der Waals surface area contributed by atoms with Crippen molar-refractivity contribution in [3.8, 4) is 5.75 Å². The van der Waals surface area contributed by atoms with Crippen LogP contribution in [0, 0.1) is 0 Å². The van der Waals surface area contributed by atoms with Crippen molar-refractivity contribution >= 4 is 0 Å². The molecule has 0 bridgehead atoms. The lowest BCUT2D eigenvalue weighted by Crippen LogP contribution is -2.32. The van der Waals surface area contributed by atoms with Gasteiger partial charge in [-0.25, -0.2) is 4.98 Å². The number of benzene rings is 1. The summed E-state index contributed by atoms with van der Waals surface area (Å²) in [4.78, 5) is 4.36. The van der Waals surface area contributed by atoms with Crippen molar-refractivity contribution < 1.29 is 4.74 Å². The maximum atomic E-state index is 6.44. The van der Waals surface area contributed by atoms with Crippen LogP contribution >= 0.6 is 0 Å². The first-order chi connectivity index (χ1) is 9.75. The Balaban J connectivity index is 1.69. The molecule has 1 aromatic carbocycles. The summed E-state index contributed by atoms with van der Waals surface area (Å²) in [5.41, 5.74) is 7.69. The fourth-order valence-corrected chi connectivity index (χ4v) is 2.95. The van der Waals surface area contributed by atoms with Gasteiger partial charge in [-0.1, -0.05) is 18.2 Å². The Hall–Kier alpha value is -1.81. The number of para-hydroxylation sites is 1. The monoisotopic (exact) mass is 271 g/mol. The molecule has 2 aromatic rings. The number of aromatic nitrogens is 2. The maximum absolute atomic E-state index is 6.44. The molecule has 106 valence electrons. The molecule has 0 amide bonds. The number of nitrogens with zero attached hydrogens (tertiary/aromatic N) is 2. The fourth-order valence-electron chi connectivity index (χ4n) is 2.95. The predicted octanol–water partition coefficient (Wildman–Crippen LogP) is 2.25. The van der Waals surface area contributed by atoms with E-state index in [1.54, 1.807) is 0 Å². The molecule has 1 aliphatic heterocycles. The largest absolute Gasteiger partial charge is 0.493 e. The second-order valence-electron chi connectivity index (χ2n) is 5.44. The summed E-state index contributed by atoms with van der Waals surface area (Å²) in [7, 11) is 2.03. The topological polar surface area (TPSA) is 53.1 Å². The third kappa shape index (κ3) is 2.56. The summed E-state index contributed by atoms with van der Waals surface area (Å²) in [6.45, 7) is 0.762. The molecular weight excluding hydrogens is 250 g/mol. The van der Waals surface area contributed by atoms with Crippen LogP contribution in [0.15, 0.2) is 36.7 Å². The summed E-state index contributed by atoms with van der Waals surface area (Å²) in [5, 5.41) is 0. The van der Waals surface area contributed by atoms with Crippen LogP contribution in [0.1, 0.15) is 30.1 Å². The molecule has 2 unspecified atom stereocenters. The highest BCUT2D eigenvalue weighted by Crippen LogP contribution is 2.35. The van der Waals surface area contributed by atoms with Crippen molar-refractivity contribution in [1.82, 2.24) is 9.55 Å². The van der Waals surface area contributed by atoms with Crippen molar-refractivity contribution in [2.45, 2.75) is 31.2 Å². The van der Waals surface area contributed by atoms with Crippen molar-refractivity contribution in [3.05, 3.63) is 48.0 Å². The number of rotatable bonds is 4. The van der Waals surface area contributed by atoms with Gasteiger partial charge in [0.1, 0.15) is 11.6 Å². The lowest BCUT2D eigenvalue weighted by Gasteiger charge is -2.30. The molecule has 20 heavy (non-hydrogen) atoms. The van der Waals surface area contributed by atoms with E-state index in [9.17, 15) is 0 Å². The second kappa shape index (κ2) is 5.67. The van der Waals surface area contributed by atoms with Crippen LogP contribution < -0.4 is 10.5 Å². The minimum atomic E-state index is 0.150. The Kier molecular flexibility index (Phi) is 3.74. The van der Waals surface area contributed by atoms with E-state index in [1.807, 2.05) is 31.6 Å². The highest BCUT2D eigenvalue weighted by molar-refractivity contribution is 5.38. The molecule has 0 saturated carbocycles. The summed E-state index contributed by atoms with van der Waals surface area (Å²) < 4.78 is 7.76. The lowest BCUT2D eigenvalue weighted by molar-refractivity contribution is 0.252. The van der Waals surface area contributed by atoms with E-state index in [1.165, 1.54) is 5.56 Å². The number of aryl methyl sites for hydroxylation is 2. The summed E-state index contributed by atoms with van der Waals surface area (Å²) in [5.74, 6) is 2.48. The van der Waals surface area contributed by atoms with Crippen LogP contribution in [-0.4, -0.2) is 22.2 Å². The molecule has 0 radical (unpaired) electrons. The Bertz CT molecular complexity index is 579. The van der Waals surface area contributed by atoms with E-state index in [0.717, 1.165) is 37.4 Å². The number of hydrogen-bond donors (Lipinski definition) is 1. The van der Waals surface area contributed by atoms with Crippen LogP contribution in [0.25, 0.3) is 0 Å². The standard InChI is InChI=1S/C16H21N3O/c1-19-10-9-18-16(19)7-6-14(17)12-8-11-20-15-5-3-2-4-13(12)15/h2-5,9-10,12,14H,6-8,11,17H2,1H3. The Morgan fingerprint density at radius 1 is 1.45 bits per heavy atom. The minimum absolute atomic E-state index is 0.150. The van der Waals surface area contributed by atoms with E-state index in [2.05, 4.69) is 21.7 Å². The molecule has 2 N–H and O–H groups in total. The second-order valence-corrected chi connectivity index (χ2v) is 5.44. The van der Waals surface area contributed by atoms with Gasteiger partial charge >= 0.3 is 0 Å². The first-order valence-corrected chi connectivity index (χ1v) is 7.19.